The van der Waals surface area contributed by atoms with Crippen molar-refractivity contribution in [3.8, 4) is 11.5 Å². The minimum atomic E-state index is -0.466. The molecule has 4 rings (SSSR count). The van der Waals surface area contributed by atoms with Crippen LogP contribution in [0.3, 0.4) is 0 Å². The number of amides is 2. The van der Waals surface area contributed by atoms with Gasteiger partial charge in [0.1, 0.15) is 17.2 Å². The Balaban J connectivity index is 1.84. The Hall–Kier alpha value is -3.77. The number of nitrogens with zero attached hydrogens (tertiary/aromatic N) is 1. The molecular weight excluding hydrogens is 428 g/mol. The summed E-state index contributed by atoms with van der Waals surface area (Å²) in [5, 5.41) is 3.48. The van der Waals surface area contributed by atoms with E-state index in [4.69, 9.17) is 21.1 Å². The first-order chi connectivity index (χ1) is 15.4. The molecule has 2 amide bonds. The summed E-state index contributed by atoms with van der Waals surface area (Å²) in [6.45, 7) is 1.94. The number of anilines is 2. The molecular formula is C25H21ClN2O4. The summed E-state index contributed by atoms with van der Waals surface area (Å²) in [7, 11) is 3.05. The van der Waals surface area contributed by atoms with Gasteiger partial charge in [0.25, 0.3) is 11.8 Å². The van der Waals surface area contributed by atoms with E-state index in [0.29, 0.717) is 33.5 Å². The molecule has 0 aromatic heterocycles. The first-order valence-corrected chi connectivity index (χ1v) is 10.3. The number of hydrogen-bond acceptors (Lipinski definition) is 5. The van der Waals surface area contributed by atoms with Gasteiger partial charge in [-0.2, -0.15) is 0 Å². The summed E-state index contributed by atoms with van der Waals surface area (Å²) in [5.41, 5.74) is 2.94. The number of rotatable bonds is 6. The predicted octanol–water partition coefficient (Wildman–Crippen LogP) is 5.06. The van der Waals surface area contributed by atoms with E-state index in [-0.39, 0.29) is 11.3 Å². The van der Waals surface area contributed by atoms with Crippen molar-refractivity contribution in [2.75, 3.05) is 24.4 Å². The van der Waals surface area contributed by atoms with Gasteiger partial charge in [0.2, 0.25) is 0 Å². The maximum Gasteiger partial charge on any atom is 0.282 e. The normalized spacial score (nSPS) is 13.6. The number of para-hydroxylation sites is 1. The molecule has 0 atom stereocenters. The van der Waals surface area contributed by atoms with E-state index in [1.165, 1.54) is 14.2 Å². The van der Waals surface area contributed by atoms with Crippen LogP contribution in [0.15, 0.2) is 72.4 Å². The van der Waals surface area contributed by atoms with E-state index < -0.39 is 11.8 Å². The molecule has 1 aliphatic rings. The third-order valence-electron chi connectivity index (χ3n) is 5.17. The van der Waals surface area contributed by atoms with E-state index in [0.717, 1.165) is 10.5 Å². The molecule has 1 heterocycles. The molecule has 6 nitrogen and oxygen atoms in total. The third kappa shape index (κ3) is 3.81. The lowest BCUT2D eigenvalue weighted by Crippen LogP contribution is -2.32. The zero-order valence-corrected chi connectivity index (χ0v) is 18.6. The third-order valence-corrected chi connectivity index (χ3v) is 5.47. The number of imide groups is 1. The summed E-state index contributed by atoms with van der Waals surface area (Å²) >= 11 is 6.26. The number of ether oxygens (including phenoxy) is 2. The van der Waals surface area contributed by atoms with Crippen LogP contribution < -0.4 is 19.7 Å². The van der Waals surface area contributed by atoms with Gasteiger partial charge >= 0.3 is 0 Å². The first kappa shape index (κ1) is 21.5. The molecule has 162 valence electrons. The second-order valence-electron chi connectivity index (χ2n) is 7.21. The molecule has 0 saturated heterocycles. The van der Waals surface area contributed by atoms with E-state index in [9.17, 15) is 9.59 Å². The van der Waals surface area contributed by atoms with Crippen molar-refractivity contribution in [1.29, 1.82) is 0 Å². The fraction of sp³-hybridized carbons (Fsp3) is 0.120. The molecule has 3 aromatic rings. The van der Waals surface area contributed by atoms with Crippen LogP contribution in [0.4, 0.5) is 11.4 Å². The highest BCUT2D eigenvalue weighted by atomic mass is 35.5. The Bertz CT molecular complexity index is 1230. The Morgan fingerprint density at radius 3 is 2.19 bits per heavy atom. The molecule has 0 radical (unpaired) electrons. The molecule has 1 aliphatic heterocycles. The minimum Gasteiger partial charge on any atom is -0.496 e. The fourth-order valence-corrected chi connectivity index (χ4v) is 3.82. The summed E-state index contributed by atoms with van der Waals surface area (Å²) in [4.78, 5) is 28.2. The van der Waals surface area contributed by atoms with Crippen molar-refractivity contribution in [3.05, 3.63) is 88.6 Å². The Labute approximate surface area is 191 Å². The molecule has 3 aromatic carbocycles. The van der Waals surface area contributed by atoms with E-state index in [1.54, 1.807) is 54.6 Å². The van der Waals surface area contributed by atoms with Gasteiger partial charge in [0.15, 0.2) is 0 Å². The zero-order chi connectivity index (χ0) is 22.8. The summed E-state index contributed by atoms with van der Waals surface area (Å²) < 4.78 is 10.7. The van der Waals surface area contributed by atoms with E-state index >= 15 is 0 Å². The molecule has 0 saturated carbocycles. The number of halogens is 1. The number of nitrogens with one attached hydrogen (secondary N) is 1. The van der Waals surface area contributed by atoms with E-state index in [1.807, 2.05) is 19.1 Å². The number of carbonyl (C=O) groups is 2. The zero-order valence-electron chi connectivity index (χ0n) is 17.8. The van der Waals surface area contributed by atoms with Gasteiger partial charge in [-0.1, -0.05) is 47.5 Å². The van der Waals surface area contributed by atoms with Crippen molar-refractivity contribution >= 4 is 40.4 Å². The molecule has 32 heavy (non-hydrogen) atoms. The summed E-state index contributed by atoms with van der Waals surface area (Å²) in [5.74, 6) is 0.0879. The first-order valence-electron chi connectivity index (χ1n) is 9.88. The highest BCUT2D eigenvalue weighted by Gasteiger charge is 2.41. The number of aryl methyl sites for hydroxylation is 1. The minimum absolute atomic E-state index is 0.140. The summed E-state index contributed by atoms with van der Waals surface area (Å²) in [6.07, 6.45) is 0. The van der Waals surface area contributed by atoms with Crippen LogP contribution in [0, 0.1) is 6.92 Å². The molecule has 0 spiro atoms. The van der Waals surface area contributed by atoms with Crippen molar-refractivity contribution < 1.29 is 19.1 Å². The lowest BCUT2D eigenvalue weighted by atomic mass is 10.0. The Morgan fingerprint density at radius 2 is 1.53 bits per heavy atom. The Morgan fingerprint density at radius 1 is 0.844 bits per heavy atom. The molecule has 0 unspecified atom stereocenters. The predicted molar refractivity (Wildman–Crippen MR) is 125 cm³/mol. The summed E-state index contributed by atoms with van der Waals surface area (Å²) in [6, 6.07) is 19.3. The van der Waals surface area contributed by atoms with Crippen LogP contribution in [0.2, 0.25) is 5.02 Å². The van der Waals surface area contributed by atoms with Crippen molar-refractivity contribution in [3.63, 3.8) is 0 Å². The maximum atomic E-state index is 13.5. The highest BCUT2D eigenvalue weighted by molar-refractivity contribution is 6.46. The van der Waals surface area contributed by atoms with Crippen LogP contribution in [0.5, 0.6) is 11.5 Å². The fourth-order valence-electron chi connectivity index (χ4n) is 3.56. The van der Waals surface area contributed by atoms with Gasteiger partial charge in [0, 0.05) is 11.3 Å². The number of benzene rings is 3. The lowest BCUT2D eigenvalue weighted by molar-refractivity contribution is -0.120. The van der Waals surface area contributed by atoms with Crippen LogP contribution in [-0.4, -0.2) is 26.0 Å². The SMILES string of the molecule is COc1ccc(NC2=C(c3ccccc3OC)C(=O)N(c3ccc(C)cc3)C2=O)cc1Cl. The average Bonchev–Trinajstić information content (AvgIpc) is 3.03. The van der Waals surface area contributed by atoms with Crippen molar-refractivity contribution in [2.24, 2.45) is 0 Å². The highest BCUT2D eigenvalue weighted by Crippen LogP contribution is 2.38. The number of hydrogen-bond donors (Lipinski definition) is 1. The van der Waals surface area contributed by atoms with Gasteiger partial charge in [-0.05, 0) is 43.3 Å². The Kier molecular flexibility index (Phi) is 5.88. The van der Waals surface area contributed by atoms with Crippen LogP contribution in [-0.2, 0) is 9.59 Å². The molecule has 1 N–H and O–H groups in total. The number of methoxy groups -OCH3 is 2. The topological polar surface area (TPSA) is 67.9 Å². The molecule has 7 heteroatoms. The van der Waals surface area contributed by atoms with Gasteiger partial charge in [-0.15, -0.1) is 0 Å². The lowest BCUT2D eigenvalue weighted by Gasteiger charge is -2.16. The van der Waals surface area contributed by atoms with Crippen LogP contribution in [0.1, 0.15) is 11.1 Å². The van der Waals surface area contributed by atoms with Crippen molar-refractivity contribution in [1.82, 2.24) is 0 Å². The monoisotopic (exact) mass is 448 g/mol. The standard InChI is InChI=1S/C25H21ClN2O4/c1-15-8-11-17(12-9-15)28-24(29)22(18-6-4-5-7-20(18)31-2)23(25(28)30)27-16-10-13-21(32-3)19(26)14-16/h4-14,27H,1-3H3. The van der Waals surface area contributed by atoms with Crippen LogP contribution >= 0.6 is 11.6 Å². The smallest absolute Gasteiger partial charge is 0.282 e. The molecule has 0 aliphatic carbocycles. The van der Waals surface area contributed by atoms with Gasteiger partial charge in [0.05, 0.1) is 30.5 Å². The van der Waals surface area contributed by atoms with Crippen molar-refractivity contribution in [2.45, 2.75) is 6.92 Å². The van der Waals surface area contributed by atoms with Gasteiger partial charge in [-0.3, -0.25) is 9.59 Å². The average molecular weight is 449 g/mol. The second-order valence-corrected chi connectivity index (χ2v) is 7.61. The second kappa shape index (κ2) is 8.77. The van der Waals surface area contributed by atoms with Gasteiger partial charge in [-0.25, -0.2) is 4.90 Å². The van der Waals surface area contributed by atoms with Crippen LogP contribution in [0.25, 0.3) is 5.57 Å². The van der Waals surface area contributed by atoms with Gasteiger partial charge < -0.3 is 14.8 Å². The molecule has 0 bridgehead atoms. The van der Waals surface area contributed by atoms with E-state index in [2.05, 4.69) is 5.32 Å². The largest absolute Gasteiger partial charge is 0.496 e. The quantitative estimate of drug-likeness (QED) is 0.534. The number of carbonyl (C=O) groups excluding carboxylic acids is 2. The molecule has 0 fully saturated rings. The maximum absolute atomic E-state index is 13.5.